The lowest BCUT2D eigenvalue weighted by Crippen LogP contribution is -2.54. The fourth-order valence-electron chi connectivity index (χ4n) is 3.16. The molecule has 0 aliphatic carbocycles. The maximum absolute atomic E-state index is 12.5. The first-order chi connectivity index (χ1) is 12.2. The van der Waals surface area contributed by atoms with Gasteiger partial charge in [0.1, 0.15) is 5.54 Å². The predicted molar refractivity (Wildman–Crippen MR) is 105 cm³/mol. The van der Waals surface area contributed by atoms with Crippen molar-refractivity contribution in [2.75, 3.05) is 18.1 Å². The van der Waals surface area contributed by atoms with E-state index in [4.69, 9.17) is 4.74 Å². The Morgan fingerprint density at radius 1 is 1.04 bits per heavy atom. The summed E-state index contributed by atoms with van der Waals surface area (Å²) in [5.74, 6) is 1.90. The van der Waals surface area contributed by atoms with E-state index < -0.39 is 5.54 Å². The largest absolute Gasteiger partial charge is 0.465 e. The molecule has 2 aromatic rings. The number of esters is 1. The monoisotopic (exact) mass is 355 g/mol. The number of benzene rings is 2. The van der Waals surface area contributed by atoms with E-state index in [1.807, 2.05) is 24.8 Å². The van der Waals surface area contributed by atoms with E-state index >= 15 is 0 Å². The van der Waals surface area contributed by atoms with Crippen LogP contribution in [0.15, 0.2) is 54.6 Å². The third-order valence-corrected chi connectivity index (χ3v) is 5.69. The smallest absolute Gasteiger partial charge is 0.326 e. The average molecular weight is 356 g/mol. The number of carbonyl (C=O) groups is 1. The number of thioether (sulfide) groups is 1. The Kier molecular flexibility index (Phi) is 6.16. The fraction of sp³-hybridized carbons (Fsp3) is 0.381. The van der Waals surface area contributed by atoms with E-state index in [-0.39, 0.29) is 5.97 Å². The van der Waals surface area contributed by atoms with Gasteiger partial charge in [0.25, 0.3) is 0 Å². The summed E-state index contributed by atoms with van der Waals surface area (Å²) >= 11 is 1.91. The van der Waals surface area contributed by atoms with Crippen LogP contribution in [0.5, 0.6) is 0 Å². The van der Waals surface area contributed by atoms with Crippen LogP contribution in [0.4, 0.5) is 0 Å². The van der Waals surface area contributed by atoms with Gasteiger partial charge in [-0.1, -0.05) is 54.6 Å². The van der Waals surface area contributed by atoms with E-state index in [1.54, 1.807) is 0 Å². The Bertz CT molecular complexity index is 679. The molecule has 1 saturated heterocycles. The van der Waals surface area contributed by atoms with Crippen molar-refractivity contribution in [1.82, 2.24) is 5.32 Å². The summed E-state index contributed by atoms with van der Waals surface area (Å²) in [7, 11) is 0. The van der Waals surface area contributed by atoms with Gasteiger partial charge in [-0.2, -0.15) is 11.8 Å². The van der Waals surface area contributed by atoms with Crippen molar-refractivity contribution in [3.05, 3.63) is 60.2 Å². The second kappa shape index (κ2) is 8.54. The molecule has 0 amide bonds. The minimum Gasteiger partial charge on any atom is -0.465 e. The summed E-state index contributed by atoms with van der Waals surface area (Å²) in [6.45, 7) is 2.98. The van der Waals surface area contributed by atoms with Gasteiger partial charge in [0, 0.05) is 6.54 Å². The molecule has 0 atom stereocenters. The van der Waals surface area contributed by atoms with E-state index in [0.717, 1.165) is 24.3 Å². The van der Waals surface area contributed by atoms with E-state index in [9.17, 15) is 4.79 Å². The molecule has 3 nitrogen and oxygen atoms in total. The first-order valence-electron chi connectivity index (χ1n) is 8.88. The van der Waals surface area contributed by atoms with Crippen LogP contribution in [0.25, 0.3) is 11.1 Å². The van der Waals surface area contributed by atoms with Crippen molar-refractivity contribution in [2.45, 2.75) is 31.8 Å². The highest BCUT2D eigenvalue weighted by Gasteiger charge is 2.40. The molecule has 0 radical (unpaired) electrons. The van der Waals surface area contributed by atoms with E-state index in [0.29, 0.717) is 13.2 Å². The number of nitrogens with one attached hydrogen (secondary N) is 1. The minimum atomic E-state index is -0.528. The Morgan fingerprint density at radius 2 is 1.68 bits per heavy atom. The Morgan fingerprint density at radius 3 is 2.32 bits per heavy atom. The van der Waals surface area contributed by atoms with Gasteiger partial charge in [0.05, 0.1) is 6.61 Å². The third kappa shape index (κ3) is 4.44. The van der Waals surface area contributed by atoms with Crippen molar-refractivity contribution >= 4 is 17.7 Å². The molecular weight excluding hydrogens is 330 g/mol. The molecule has 0 spiro atoms. The van der Waals surface area contributed by atoms with Crippen LogP contribution in [-0.4, -0.2) is 29.6 Å². The maximum atomic E-state index is 12.5. The van der Waals surface area contributed by atoms with Crippen LogP contribution in [-0.2, 0) is 16.1 Å². The lowest BCUT2D eigenvalue weighted by Gasteiger charge is -2.35. The summed E-state index contributed by atoms with van der Waals surface area (Å²) in [5.41, 5.74) is 3.08. The number of hydrogen-bond acceptors (Lipinski definition) is 4. The summed E-state index contributed by atoms with van der Waals surface area (Å²) in [5, 5.41) is 3.51. The van der Waals surface area contributed by atoms with Crippen molar-refractivity contribution in [2.24, 2.45) is 0 Å². The van der Waals surface area contributed by atoms with Gasteiger partial charge in [0.15, 0.2) is 0 Å². The molecule has 132 valence electrons. The normalized spacial score (nSPS) is 16.4. The van der Waals surface area contributed by atoms with Crippen molar-refractivity contribution < 1.29 is 9.53 Å². The molecule has 1 heterocycles. The van der Waals surface area contributed by atoms with Gasteiger partial charge < -0.3 is 4.74 Å². The van der Waals surface area contributed by atoms with Gasteiger partial charge in [0.2, 0.25) is 0 Å². The van der Waals surface area contributed by atoms with Gasteiger partial charge in [-0.3, -0.25) is 10.1 Å². The zero-order valence-corrected chi connectivity index (χ0v) is 15.5. The number of rotatable bonds is 6. The minimum absolute atomic E-state index is 0.101. The summed E-state index contributed by atoms with van der Waals surface area (Å²) in [6.07, 6.45) is 1.66. The molecule has 0 aromatic heterocycles. The van der Waals surface area contributed by atoms with Gasteiger partial charge in [-0.15, -0.1) is 0 Å². The Labute approximate surface area is 154 Å². The van der Waals surface area contributed by atoms with Crippen molar-refractivity contribution in [1.29, 1.82) is 0 Å². The Hall–Kier alpha value is -1.78. The topological polar surface area (TPSA) is 38.3 Å². The number of carbonyl (C=O) groups excluding carboxylic acids is 1. The molecule has 0 bridgehead atoms. The average Bonchev–Trinajstić information content (AvgIpc) is 2.68. The zero-order valence-electron chi connectivity index (χ0n) is 14.7. The molecule has 4 heteroatoms. The molecule has 3 rings (SSSR count). The van der Waals surface area contributed by atoms with E-state index in [2.05, 4.69) is 53.8 Å². The van der Waals surface area contributed by atoms with Crippen LogP contribution < -0.4 is 5.32 Å². The summed E-state index contributed by atoms with van der Waals surface area (Å²) in [6, 6.07) is 18.9. The molecule has 2 aromatic carbocycles. The standard InChI is InChI=1S/C21H25NO2S/c1-2-24-20(23)21(12-14-25-15-13-21)22-16-17-8-10-19(11-9-17)18-6-4-3-5-7-18/h3-11,22H,2,12-16H2,1H3. The fourth-order valence-corrected chi connectivity index (χ4v) is 4.35. The summed E-state index contributed by atoms with van der Waals surface area (Å²) < 4.78 is 5.34. The lowest BCUT2D eigenvalue weighted by molar-refractivity contribution is -0.151. The molecular formula is C21H25NO2S. The molecule has 0 unspecified atom stereocenters. The van der Waals surface area contributed by atoms with Crippen molar-refractivity contribution in [3.8, 4) is 11.1 Å². The highest BCUT2D eigenvalue weighted by Crippen LogP contribution is 2.29. The number of hydrogen-bond donors (Lipinski definition) is 1. The maximum Gasteiger partial charge on any atom is 0.326 e. The molecule has 0 saturated carbocycles. The molecule has 1 N–H and O–H groups in total. The second-order valence-electron chi connectivity index (χ2n) is 6.33. The quantitative estimate of drug-likeness (QED) is 0.785. The third-order valence-electron chi connectivity index (χ3n) is 4.70. The van der Waals surface area contributed by atoms with Crippen LogP contribution in [0.2, 0.25) is 0 Å². The van der Waals surface area contributed by atoms with Crippen molar-refractivity contribution in [3.63, 3.8) is 0 Å². The van der Waals surface area contributed by atoms with Crippen LogP contribution in [0.3, 0.4) is 0 Å². The molecule has 1 fully saturated rings. The molecule has 1 aliphatic heterocycles. The van der Waals surface area contributed by atoms with Crippen LogP contribution in [0.1, 0.15) is 25.3 Å². The molecule has 1 aliphatic rings. The Balaban J connectivity index is 1.67. The first kappa shape index (κ1) is 18.0. The lowest BCUT2D eigenvalue weighted by atomic mass is 9.91. The van der Waals surface area contributed by atoms with Gasteiger partial charge >= 0.3 is 5.97 Å². The van der Waals surface area contributed by atoms with E-state index in [1.165, 1.54) is 16.7 Å². The molecule has 25 heavy (non-hydrogen) atoms. The SMILES string of the molecule is CCOC(=O)C1(NCc2ccc(-c3ccccc3)cc2)CCSCC1. The highest BCUT2D eigenvalue weighted by atomic mass is 32.2. The predicted octanol–water partition coefficient (Wildman–Crippen LogP) is 4.27. The zero-order chi connectivity index (χ0) is 17.5. The first-order valence-corrected chi connectivity index (χ1v) is 10.0. The second-order valence-corrected chi connectivity index (χ2v) is 7.56. The van der Waals surface area contributed by atoms with Crippen LogP contribution in [0, 0.1) is 0 Å². The van der Waals surface area contributed by atoms with Gasteiger partial charge in [-0.05, 0) is 48.0 Å². The van der Waals surface area contributed by atoms with Crippen LogP contribution >= 0.6 is 11.8 Å². The van der Waals surface area contributed by atoms with Gasteiger partial charge in [-0.25, -0.2) is 0 Å². The number of ether oxygens (including phenoxy) is 1. The highest BCUT2D eigenvalue weighted by molar-refractivity contribution is 7.99. The summed E-state index contributed by atoms with van der Waals surface area (Å²) in [4.78, 5) is 12.5.